The van der Waals surface area contributed by atoms with Crippen LogP contribution in [0, 0.1) is 0 Å². The number of benzene rings is 2. The number of hydrogen-bond acceptors (Lipinski definition) is 4. The van der Waals surface area contributed by atoms with Crippen LogP contribution < -0.4 is 9.79 Å². The first-order valence-electron chi connectivity index (χ1n) is 7.14. The third-order valence-corrected chi connectivity index (χ3v) is 5.69. The monoisotopic (exact) mass is 332 g/mol. The first-order chi connectivity index (χ1) is 11.0. The Bertz CT molecular complexity index is 804. The van der Waals surface area contributed by atoms with Gasteiger partial charge in [0.25, 0.3) is 5.91 Å². The predicted molar refractivity (Wildman–Crippen MR) is 86.5 cm³/mol. The molecule has 120 valence electrons. The van der Waals surface area contributed by atoms with Gasteiger partial charge >= 0.3 is 0 Å². The Hall–Kier alpha value is -2.38. The van der Waals surface area contributed by atoms with Gasteiger partial charge < -0.3 is 0 Å². The van der Waals surface area contributed by atoms with E-state index < -0.39 is 22.0 Å². The summed E-state index contributed by atoms with van der Waals surface area (Å²) in [5, 5.41) is 8.80. The summed E-state index contributed by atoms with van der Waals surface area (Å²) in [4.78, 5) is 11.7. The number of nitrogens with zero attached hydrogens (tertiary/aromatic N) is 1. The summed E-state index contributed by atoms with van der Waals surface area (Å²) in [5.74, 6) is -0.843. The Morgan fingerprint density at radius 3 is 2.26 bits per heavy atom. The van der Waals surface area contributed by atoms with E-state index in [0.717, 1.165) is 15.4 Å². The van der Waals surface area contributed by atoms with E-state index in [1.807, 2.05) is 42.5 Å². The van der Waals surface area contributed by atoms with Gasteiger partial charge in [0.2, 0.25) is 10.0 Å². The van der Waals surface area contributed by atoms with Crippen LogP contribution in [0.5, 0.6) is 0 Å². The largest absolute Gasteiger partial charge is 0.289 e. The van der Waals surface area contributed by atoms with Gasteiger partial charge in [0.15, 0.2) is 0 Å². The molecule has 1 saturated heterocycles. The number of carbonyl (C=O) groups excluding carboxylic acids is 1. The van der Waals surface area contributed by atoms with E-state index in [4.69, 9.17) is 5.21 Å². The van der Waals surface area contributed by atoms with Crippen LogP contribution in [0.25, 0.3) is 11.1 Å². The summed E-state index contributed by atoms with van der Waals surface area (Å²) in [5.41, 5.74) is 3.92. The number of amides is 1. The molecule has 2 N–H and O–H groups in total. The lowest BCUT2D eigenvalue weighted by Crippen LogP contribution is -2.43. The Morgan fingerprint density at radius 1 is 1.04 bits per heavy atom. The zero-order chi connectivity index (χ0) is 16.4. The predicted octanol–water partition coefficient (Wildman–Crippen LogP) is 1.77. The van der Waals surface area contributed by atoms with Crippen molar-refractivity contribution in [3.8, 4) is 11.1 Å². The summed E-state index contributed by atoms with van der Waals surface area (Å²) >= 11 is 0. The standard InChI is InChI=1S/C16H16N2O4S/c19-16(17-20)15-10-11-23(21,22)18(15)14-8-6-13(7-9-14)12-4-2-1-3-5-12/h1-9,15,20H,10-11H2,(H,17,19)/t15-/m0/s1. The molecule has 7 heteroatoms. The Morgan fingerprint density at radius 2 is 1.65 bits per heavy atom. The normalized spacial score (nSPS) is 19.5. The Balaban J connectivity index is 1.95. The zero-order valence-electron chi connectivity index (χ0n) is 12.2. The summed E-state index contributed by atoms with van der Waals surface area (Å²) in [6, 6.07) is 15.7. The molecule has 23 heavy (non-hydrogen) atoms. The number of anilines is 1. The lowest BCUT2D eigenvalue weighted by atomic mass is 10.1. The molecule has 1 fully saturated rings. The molecule has 1 aliphatic heterocycles. The number of hydrogen-bond donors (Lipinski definition) is 2. The van der Waals surface area contributed by atoms with Gasteiger partial charge in [0, 0.05) is 0 Å². The molecule has 0 bridgehead atoms. The molecular weight excluding hydrogens is 316 g/mol. The summed E-state index contributed by atoms with van der Waals surface area (Å²) < 4.78 is 25.5. The second-order valence-electron chi connectivity index (χ2n) is 5.31. The summed E-state index contributed by atoms with van der Waals surface area (Å²) in [7, 11) is -3.56. The minimum Gasteiger partial charge on any atom is -0.289 e. The topological polar surface area (TPSA) is 86.7 Å². The molecule has 0 saturated carbocycles. The van der Waals surface area contributed by atoms with Crippen LogP contribution in [0.15, 0.2) is 54.6 Å². The Labute approximate surface area is 134 Å². The maximum atomic E-state index is 12.2. The third kappa shape index (κ3) is 2.93. The number of nitrogens with one attached hydrogen (secondary N) is 1. The van der Waals surface area contributed by atoms with Crippen molar-refractivity contribution < 1.29 is 18.4 Å². The number of sulfonamides is 1. The molecule has 3 rings (SSSR count). The van der Waals surface area contributed by atoms with Crippen LogP contribution in [0.2, 0.25) is 0 Å². The van der Waals surface area contributed by atoms with Crippen LogP contribution in [-0.2, 0) is 14.8 Å². The highest BCUT2D eigenvalue weighted by atomic mass is 32.2. The van der Waals surface area contributed by atoms with Crippen molar-refractivity contribution in [2.75, 3.05) is 10.1 Å². The smallest absolute Gasteiger partial charge is 0.267 e. The third-order valence-electron chi connectivity index (χ3n) is 3.87. The van der Waals surface area contributed by atoms with E-state index in [-0.39, 0.29) is 12.2 Å². The molecule has 2 aromatic rings. The first kappa shape index (κ1) is 15.5. The minimum absolute atomic E-state index is 0.120. The van der Waals surface area contributed by atoms with Crippen LogP contribution in [0.1, 0.15) is 6.42 Å². The zero-order valence-corrected chi connectivity index (χ0v) is 13.0. The fourth-order valence-corrected chi connectivity index (χ4v) is 4.50. The SMILES string of the molecule is O=C(NO)[C@@H]1CCS(=O)(=O)N1c1ccc(-c2ccccc2)cc1. The quantitative estimate of drug-likeness (QED) is 0.662. The van der Waals surface area contributed by atoms with Crippen molar-refractivity contribution in [3.05, 3.63) is 54.6 Å². The number of rotatable bonds is 3. The molecule has 0 unspecified atom stereocenters. The van der Waals surface area contributed by atoms with E-state index in [2.05, 4.69) is 0 Å². The molecule has 1 atom stereocenters. The van der Waals surface area contributed by atoms with Crippen molar-refractivity contribution in [2.45, 2.75) is 12.5 Å². The summed E-state index contributed by atoms with van der Waals surface area (Å²) in [6.07, 6.45) is 0.148. The second-order valence-corrected chi connectivity index (χ2v) is 7.27. The van der Waals surface area contributed by atoms with E-state index in [0.29, 0.717) is 5.69 Å². The average Bonchev–Trinajstić information content (AvgIpc) is 2.90. The molecule has 0 aromatic heterocycles. The lowest BCUT2D eigenvalue weighted by Gasteiger charge is -2.23. The van der Waals surface area contributed by atoms with Crippen LogP contribution in [0.3, 0.4) is 0 Å². The Kier molecular flexibility index (Phi) is 4.06. The fourth-order valence-electron chi connectivity index (χ4n) is 2.75. The van der Waals surface area contributed by atoms with Gasteiger partial charge in [0.05, 0.1) is 11.4 Å². The average molecular weight is 332 g/mol. The van der Waals surface area contributed by atoms with Gasteiger partial charge in [-0.2, -0.15) is 0 Å². The molecule has 0 radical (unpaired) electrons. The van der Waals surface area contributed by atoms with Crippen LogP contribution >= 0.6 is 0 Å². The highest BCUT2D eigenvalue weighted by molar-refractivity contribution is 7.93. The van der Waals surface area contributed by atoms with Crippen molar-refractivity contribution in [2.24, 2.45) is 0 Å². The molecule has 6 nitrogen and oxygen atoms in total. The lowest BCUT2D eigenvalue weighted by molar-refractivity contribution is -0.130. The van der Waals surface area contributed by atoms with Crippen molar-refractivity contribution in [3.63, 3.8) is 0 Å². The maximum absolute atomic E-state index is 12.2. The fraction of sp³-hybridized carbons (Fsp3) is 0.188. The molecule has 1 aliphatic rings. The first-order valence-corrected chi connectivity index (χ1v) is 8.75. The van der Waals surface area contributed by atoms with Crippen molar-refractivity contribution >= 4 is 21.6 Å². The van der Waals surface area contributed by atoms with Crippen molar-refractivity contribution in [1.82, 2.24) is 5.48 Å². The molecular formula is C16H16N2O4S. The van der Waals surface area contributed by atoms with Gasteiger partial charge in [-0.05, 0) is 29.7 Å². The minimum atomic E-state index is -3.56. The highest BCUT2D eigenvalue weighted by Crippen LogP contribution is 2.31. The number of carbonyl (C=O) groups is 1. The van der Waals surface area contributed by atoms with Crippen LogP contribution in [-0.4, -0.2) is 31.3 Å². The van der Waals surface area contributed by atoms with Gasteiger partial charge in [-0.1, -0.05) is 42.5 Å². The molecule has 0 spiro atoms. The van der Waals surface area contributed by atoms with Crippen LogP contribution in [0.4, 0.5) is 5.69 Å². The van der Waals surface area contributed by atoms with E-state index in [1.165, 1.54) is 5.48 Å². The number of hydroxylamine groups is 1. The van der Waals surface area contributed by atoms with E-state index >= 15 is 0 Å². The molecule has 1 amide bonds. The molecule has 0 aliphatic carbocycles. The maximum Gasteiger partial charge on any atom is 0.267 e. The second kappa shape index (κ2) is 6.02. The van der Waals surface area contributed by atoms with E-state index in [9.17, 15) is 13.2 Å². The van der Waals surface area contributed by atoms with Gasteiger partial charge in [-0.25, -0.2) is 13.9 Å². The van der Waals surface area contributed by atoms with Gasteiger partial charge in [0.1, 0.15) is 6.04 Å². The van der Waals surface area contributed by atoms with Crippen molar-refractivity contribution in [1.29, 1.82) is 0 Å². The van der Waals surface area contributed by atoms with Gasteiger partial charge in [-0.15, -0.1) is 0 Å². The summed E-state index contributed by atoms with van der Waals surface area (Å²) in [6.45, 7) is 0. The molecule has 2 aromatic carbocycles. The molecule has 1 heterocycles. The van der Waals surface area contributed by atoms with E-state index in [1.54, 1.807) is 12.1 Å². The van der Waals surface area contributed by atoms with Gasteiger partial charge in [-0.3, -0.25) is 14.3 Å². The highest BCUT2D eigenvalue weighted by Gasteiger charge is 2.41.